The molecular weight excluding hydrogens is 282 g/mol. The van der Waals surface area contributed by atoms with Crippen molar-refractivity contribution in [3.05, 3.63) is 0 Å². The third-order valence-electron chi connectivity index (χ3n) is 4.06. The number of hydrogen-bond acceptors (Lipinski definition) is 4. The van der Waals surface area contributed by atoms with Crippen LogP contribution < -0.4 is 5.32 Å². The van der Waals surface area contributed by atoms with E-state index in [1.165, 1.54) is 37.9 Å². The van der Waals surface area contributed by atoms with E-state index in [9.17, 15) is 4.79 Å². The lowest BCUT2D eigenvalue weighted by Gasteiger charge is -2.30. The molecule has 0 heterocycles. The Bertz CT molecular complexity index is 303. The maximum Gasteiger partial charge on any atom is 0.326 e. The highest BCUT2D eigenvalue weighted by atomic mass is 32.2. The zero-order valence-electron chi connectivity index (χ0n) is 14.2. The predicted octanol–water partition coefficient (Wildman–Crippen LogP) is 4.15. The molecule has 0 radical (unpaired) electrons. The normalized spacial score (nSPS) is 18.9. The monoisotopic (exact) mass is 315 g/mol. The van der Waals surface area contributed by atoms with Gasteiger partial charge in [-0.15, -0.1) is 0 Å². The summed E-state index contributed by atoms with van der Waals surface area (Å²) in [6.07, 6.45) is 8.76. The van der Waals surface area contributed by atoms with E-state index in [2.05, 4.69) is 30.9 Å². The summed E-state index contributed by atoms with van der Waals surface area (Å²) < 4.78 is 5.24. The summed E-state index contributed by atoms with van der Waals surface area (Å²) in [7, 11) is 0. The number of unbranched alkanes of at least 4 members (excludes halogenated alkanes) is 1. The quantitative estimate of drug-likeness (QED) is 0.485. The molecule has 0 saturated heterocycles. The van der Waals surface area contributed by atoms with Gasteiger partial charge in [0.25, 0.3) is 0 Å². The molecule has 124 valence electrons. The van der Waals surface area contributed by atoms with Crippen molar-refractivity contribution in [3.63, 3.8) is 0 Å². The molecule has 0 bridgehead atoms. The van der Waals surface area contributed by atoms with Crippen LogP contribution >= 0.6 is 11.8 Å². The fourth-order valence-corrected chi connectivity index (χ4v) is 4.42. The van der Waals surface area contributed by atoms with Crippen LogP contribution in [0.2, 0.25) is 0 Å². The Hall–Kier alpha value is -0.220. The van der Waals surface area contributed by atoms with Gasteiger partial charge < -0.3 is 4.74 Å². The minimum atomic E-state index is -0.539. The van der Waals surface area contributed by atoms with Crippen LogP contribution in [0.5, 0.6) is 0 Å². The van der Waals surface area contributed by atoms with Crippen LogP contribution in [0, 0.1) is 0 Å². The lowest BCUT2D eigenvalue weighted by atomic mass is 9.94. The molecule has 0 aromatic heterocycles. The van der Waals surface area contributed by atoms with E-state index in [-0.39, 0.29) is 12.0 Å². The molecule has 1 aliphatic carbocycles. The fourth-order valence-electron chi connectivity index (χ4n) is 3.05. The molecule has 1 atom stereocenters. The van der Waals surface area contributed by atoms with Gasteiger partial charge in [-0.1, -0.05) is 19.3 Å². The summed E-state index contributed by atoms with van der Waals surface area (Å²) in [5.41, 5.74) is -0.539. The number of rotatable bonds is 10. The van der Waals surface area contributed by atoms with Crippen molar-refractivity contribution < 1.29 is 9.53 Å². The zero-order valence-corrected chi connectivity index (χ0v) is 15.1. The van der Waals surface area contributed by atoms with E-state index in [1.54, 1.807) is 0 Å². The van der Waals surface area contributed by atoms with Crippen molar-refractivity contribution in [3.8, 4) is 0 Å². The standard InChI is InChI=1S/C17H33NO2S/c1-5-20-16(19)17(4,18-14(2)3)12-8-9-13-21-15-10-6-7-11-15/h14-15,18H,5-13H2,1-4H3. The van der Waals surface area contributed by atoms with Gasteiger partial charge in [-0.25, -0.2) is 0 Å². The second-order valence-electron chi connectivity index (χ2n) is 6.59. The summed E-state index contributed by atoms with van der Waals surface area (Å²) in [6, 6.07) is 0.285. The van der Waals surface area contributed by atoms with Crippen molar-refractivity contribution >= 4 is 17.7 Å². The molecule has 0 aliphatic heterocycles. The van der Waals surface area contributed by atoms with Gasteiger partial charge in [0.15, 0.2) is 0 Å². The number of thioether (sulfide) groups is 1. The minimum Gasteiger partial charge on any atom is -0.465 e. The van der Waals surface area contributed by atoms with Crippen molar-refractivity contribution in [2.75, 3.05) is 12.4 Å². The van der Waals surface area contributed by atoms with Crippen molar-refractivity contribution in [1.82, 2.24) is 5.32 Å². The summed E-state index contributed by atoms with van der Waals surface area (Å²) >= 11 is 2.13. The lowest BCUT2D eigenvalue weighted by Crippen LogP contribution is -2.53. The molecule has 0 amide bonds. The fraction of sp³-hybridized carbons (Fsp3) is 0.941. The van der Waals surface area contributed by atoms with E-state index in [0.717, 1.165) is 18.1 Å². The molecule has 1 unspecified atom stereocenters. The number of esters is 1. The third kappa shape index (κ3) is 7.05. The Morgan fingerprint density at radius 2 is 2.00 bits per heavy atom. The summed E-state index contributed by atoms with van der Waals surface area (Å²) in [6.45, 7) is 8.45. The van der Waals surface area contributed by atoms with Crippen molar-refractivity contribution in [2.24, 2.45) is 0 Å². The van der Waals surface area contributed by atoms with Gasteiger partial charge in [-0.3, -0.25) is 10.1 Å². The van der Waals surface area contributed by atoms with Crippen LogP contribution in [0.4, 0.5) is 0 Å². The Morgan fingerprint density at radius 1 is 1.33 bits per heavy atom. The SMILES string of the molecule is CCOC(=O)C(C)(CCCCSC1CCCC1)NC(C)C. The first-order valence-electron chi connectivity index (χ1n) is 8.54. The van der Waals surface area contributed by atoms with Gasteiger partial charge in [0, 0.05) is 11.3 Å². The highest BCUT2D eigenvalue weighted by Gasteiger charge is 2.34. The van der Waals surface area contributed by atoms with Crippen molar-refractivity contribution in [2.45, 2.75) is 89.5 Å². The average Bonchev–Trinajstić information content (AvgIpc) is 2.91. The van der Waals surface area contributed by atoms with Crippen molar-refractivity contribution in [1.29, 1.82) is 0 Å². The predicted molar refractivity (Wildman–Crippen MR) is 91.9 cm³/mol. The third-order valence-corrected chi connectivity index (χ3v) is 5.53. The molecule has 21 heavy (non-hydrogen) atoms. The van der Waals surface area contributed by atoms with Gasteiger partial charge in [0.1, 0.15) is 5.54 Å². The topological polar surface area (TPSA) is 38.3 Å². The van der Waals surface area contributed by atoms with Gasteiger partial charge >= 0.3 is 5.97 Å². The maximum absolute atomic E-state index is 12.2. The molecular formula is C17H33NO2S. The van der Waals surface area contributed by atoms with Gasteiger partial charge in [-0.2, -0.15) is 11.8 Å². The average molecular weight is 316 g/mol. The van der Waals surface area contributed by atoms with Crippen LogP contribution in [0.15, 0.2) is 0 Å². The Morgan fingerprint density at radius 3 is 2.57 bits per heavy atom. The molecule has 3 nitrogen and oxygen atoms in total. The second-order valence-corrected chi connectivity index (χ2v) is 7.99. The first-order chi connectivity index (χ1) is 9.98. The summed E-state index contributed by atoms with van der Waals surface area (Å²) in [5, 5.41) is 4.29. The zero-order chi connectivity index (χ0) is 15.7. The Labute approximate surface area is 135 Å². The largest absolute Gasteiger partial charge is 0.465 e. The minimum absolute atomic E-state index is 0.109. The van der Waals surface area contributed by atoms with Gasteiger partial charge in [-0.05, 0) is 59.1 Å². The van der Waals surface area contributed by atoms with Crippen LogP contribution in [0.3, 0.4) is 0 Å². The highest BCUT2D eigenvalue weighted by molar-refractivity contribution is 7.99. The molecule has 1 aliphatic rings. The molecule has 0 spiro atoms. The molecule has 4 heteroatoms. The van der Waals surface area contributed by atoms with Crippen LogP contribution in [-0.4, -0.2) is 35.2 Å². The Balaban J connectivity index is 2.29. The number of hydrogen-bond donors (Lipinski definition) is 1. The molecule has 1 N–H and O–H groups in total. The van der Waals surface area contributed by atoms with E-state index in [1.807, 2.05) is 13.8 Å². The van der Waals surface area contributed by atoms with Crippen LogP contribution in [0.25, 0.3) is 0 Å². The van der Waals surface area contributed by atoms with Gasteiger partial charge in [0.2, 0.25) is 0 Å². The first kappa shape index (κ1) is 18.8. The summed E-state index contributed by atoms with van der Waals surface area (Å²) in [4.78, 5) is 12.2. The van der Waals surface area contributed by atoms with Crippen LogP contribution in [0.1, 0.15) is 72.6 Å². The maximum atomic E-state index is 12.2. The number of carbonyl (C=O) groups is 1. The molecule has 0 aromatic rings. The Kier molecular flexibility index (Phi) is 8.72. The van der Waals surface area contributed by atoms with E-state index >= 15 is 0 Å². The summed E-state index contributed by atoms with van der Waals surface area (Å²) in [5.74, 6) is 1.12. The molecule has 0 aromatic carbocycles. The second kappa shape index (κ2) is 9.73. The van der Waals surface area contributed by atoms with E-state index < -0.39 is 5.54 Å². The lowest BCUT2D eigenvalue weighted by molar-refractivity contribution is -0.151. The van der Waals surface area contributed by atoms with Gasteiger partial charge in [0.05, 0.1) is 6.61 Å². The van der Waals surface area contributed by atoms with E-state index in [4.69, 9.17) is 4.74 Å². The molecule has 1 fully saturated rings. The number of carbonyl (C=O) groups excluding carboxylic acids is 1. The van der Waals surface area contributed by atoms with Crippen LogP contribution in [-0.2, 0) is 9.53 Å². The number of nitrogens with one attached hydrogen (secondary N) is 1. The highest BCUT2D eigenvalue weighted by Crippen LogP contribution is 2.30. The number of ether oxygens (including phenoxy) is 1. The first-order valence-corrected chi connectivity index (χ1v) is 9.59. The molecule has 1 saturated carbocycles. The van der Waals surface area contributed by atoms with E-state index in [0.29, 0.717) is 6.61 Å². The molecule has 1 rings (SSSR count). The smallest absolute Gasteiger partial charge is 0.326 e.